The van der Waals surface area contributed by atoms with Crippen LogP contribution in [0.1, 0.15) is 29.7 Å². The Morgan fingerprint density at radius 2 is 1.61 bits per heavy atom. The highest BCUT2D eigenvalue weighted by Crippen LogP contribution is 2.30. The van der Waals surface area contributed by atoms with E-state index in [1.165, 1.54) is 19.2 Å². The van der Waals surface area contributed by atoms with Crippen molar-refractivity contribution in [1.82, 2.24) is 9.62 Å². The van der Waals surface area contributed by atoms with Gasteiger partial charge in [0.05, 0.1) is 41.7 Å². The smallest absolute Gasteiger partial charge is 0.243 e. The molecule has 192 valence electrons. The molecule has 0 bridgehead atoms. The zero-order valence-electron chi connectivity index (χ0n) is 20.4. The van der Waals surface area contributed by atoms with Crippen molar-refractivity contribution in [3.8, 4) is 11.5 Å². The van der Waals surface area contributed by atoms with Crippen molar-refractivity contribution in [2.24, 2.45) is 0 Å². The molecular weight excluding hydrogens is 523 g/mol. The van der Waals surface area contributed by atoms with Crippen LogP contribution in [0.4, 0.5) is 0 Å². The standard InChI is InChI=1S/C26H28Cl2N2O5S/c1-17-5-9-21(10-6-17)36(32,33)30(15-19-7-11-22(27)23(28)13-19)16-26(31)29-18(2)20-8-12-24(34-3)25(14-20)35-4/h5-14,18H,15-16H2,1-4H3,(H,29,31). The third-order valence-corrected chi connectivity index (χ3v) is 8.15. The van der Waals surface area contributed by atoms with E-state index in [4.69, 9.17) is 32.7 Å². The molecule has 0 aliphatic carbocycles. The molecule has 1 N–H and O–H groups in total. The fraction of sp³-hybridized carbons (Fsp3) is 0.269. The Hall–Kier alpha value is -2.78. The highest BCUT2D eigenvalue weighted by molar-refractivity contribution is 7.89. The first-order valence-electron chi connectivity index (χ1n) is 11.1. The van der Waals surface area contributed by atoms with Gasteiger partial charge in [0.15, 0.2) is 11.5 Å². The van der Waals surface area contributed by atoms with Gasteiger partial charge in [-0.25, -0.2) is 8.42 Å². The third-order valence-electron chi connectivity index (χ3n) is 5.61. The average molecular weight is 551 g/mol. The molecule has 0 spiro atoms. The first-order chi connectivity index (χ1) is 17.0. The zero-order valence-corrected chi connectivity index (χ0v) is 22.7. The van der Waals surface area contributed by atoms with Gasteiger partial charge in [-0.1, -0.05) is 53.0 Å². The SMILES string of the molecule is COc1ccc(C(C)NC(=O)CN(Cc2ccc(Cl)c(Cl)c2)S(=O)(=O)c2ccc(C)cc2)cc1OC. The lowest BCUT2D eigenvalue weighted by atomic mass is 10.1. The molecule has 10 heteroatoms. The van der Waals surface area contributed by atoms with Gasteiger partial charge in [-0.15, -0.1) is 0 Å². The minimum atomic E-state index is -3.99. The van der Waals surface area contributed by atoms with Crippen LogP contribution < -0.4 is 14.8 Å². The molecule has 1 amide bonds. The van der Waals surface area contributed by atoms with Gasteiger partial charge >= 0.3 is 0 Å². The van der Waals surface area contributed by atoms with Gasteiger partial charge < -0.3 is 14.8 Å². The lowest BCUT2D eigenvalue weighted by Gasteiger charge is -2.24. The van der Waals surface area contributed by atoms with Crippen molar-refractivity contribution < 1.29 is 22.7 Å². The Balaban J connectivity index is 1.85. The first kappa shape index (κ1) is 27.8. The average Bonchev–Trinajstić information content (AvgIpc) is 2.85. The number of nitrogens with zero attached hydrogens (tertiary/aromatic N) is 1. The quantitative estimate of drug-likeness (QED) is 0.366. The Morgan fingerprint density at radius 3 is 2.22 bits per heavy atom. The topological polar surface area (TPSA) is 84.9 Å². The van der Waals surface area contributed by atoms with E-state index in [9.17, 15) is 13.2 Å². The minimum absolute atomic E-state index is 0.0642. The van der Waals surface area contributed by atoms with Gasteiger partial charge in [0.25, 0.3) is 0 Å². The molecule has 0 fully saturated rings. The summed E-state index contributed by atoms with van der Waals surface area (Å²) < 4.78 is 38.7. The number of rotatable bonds is 10. The molecule has 36 heavy (non-hydrogen) atoms. The number of nitrogens with one attached hydrogen (secondary N) is 1. The summed E-state index contributed by atoms with van der Waals surface area (Å²) in [6.07, 6.45) is 0. The molecular formula is C26H28Cl2N2O5S. The number of carbonyl (C=O) groups excluding carboxylic acids is 1. The summed E-state index contributed by atoms with van der Waals surface area (Å²) >= 11 is 12.1. The lowest BCUT2D eigenvalue weighted by molar-refractivity contribution is -0.122. The van der Waals surface area contributed by atoms with Crippen molar-refractivity contribution in [2.45, 2.75) is 31.3 Å². The van der Waals surface area contributed by atoms with E-state index in [1.807, 2.05) is 13.0 Å². The maximum Gasteiger partial charge on any atom is 0.243 e. The molecule has 3 rings (SSSR count). The summed E-state index contributed by atoms with van der Waals surface area (Å²) in [5, 5.41) is 3.52. The number of ether oxygens (including phenoxy) is 2. The maximum atomic E-state index is 13.5. The van der Waals surface area contributed by atoms with Crippen molar-refractivity contribution in [2.75, 3.05) is 20.8 Å². The molecule has 0 aliphatic rings. The van der Waals surface area contributed by atoms with E-state index < -0.39 is 28.5 Å². The second-order valence-electron chi connectivity index (χ2n) is 8.24. The summed E-state index contributed by atoms with van der Waals surface area (Å²) in [5.74, 6) is 0.629. The number of benzene rings is 3. The zero-order chi connectivity index (χ0) is 26.5. The number of sulfonamides is 1. The maximum absolute atomic E-state index is 13.5. The molecule has 0 saturated heterocycles. The van der Waals surface area contributed by atoms with Gasteiger partial charge in [-0.2, -0.15) is 4.31 Å². The van der Waals surface area contributed by atoms with Crippen LogP contribution in [-0.2, 0) is 21.4 Å². The first-order valence-corrected chi connectivity index (χ1v) is 13.3. The molecule has 0 aromatic heterocycles. The van der Waals surface area contributed by atoms with Gasteiger partial charge in [-0.05, 0) is 61.4 Å². The van der Waals surface area contributed by atoms with E-state index in [1.54, 1.807) is 56.5 Å². The van der Waals surface area contributed by atoms with Crippen LogP contribution in [0, 0.1) is 6.92 Å². The van der Waals surface area contributed by atoms with Crippen molar-refractivity contribution >= 4 is 39.1 Å². The minimum Gasteiger partial charge on any atom is -0.493 e. The Labute approximate surface area is 222 Å². The third kappa shape index (κ3) is 6.70. The van der Waals surface area contributed by atoms with Gasteiger partial charge in [-0.3, -0.25) is 4.79 Å². The normalized spacial score (nSPS) is 12.3. The summed E-state index contributed by atoms with van der Waals surface area (Å²) in [5.41, 5.74) is 2.30. The molecule has 3 aromatic rings. The fourth-order valence-corrected chi connectivity index (χ4v) is 5.28. The second kappa shape index (κ2) is 12.0. The van der Waals surface area contributed by atoms with Crippen LogP contribution in [0.25, 0.3) is 0 Å². The predicted molar refractivity (Wildman–Crippen MR) is 141 cm³/mol. The highest BCUT2D eigenvalue weighted by Gasteiger charge is 2.28. The van der Waals surface area contributed by atoms with E-state index in [-0.39, 0.29) is 11.4 Å². The number of hydrogen-bond acceptors (Lipinski definition) is 5. The number of halogens is 2. The van der Waals surface area contributed by atoms with Crippen LogP contribution in [0.2, 0.25) is 10.0 Å². The molecule has 0 radical (unpaired) electrons. The highest BCUT2D eigenvalue weighted by atomic mass is 35.5. The molecule has 1 unspecified atom stereocenters. The summed E-state index contributed by atoms with van der Waals surface area (Å²) in [6, 6.07) is 16.2. The van der Waals surface area contributed by atoms with Gasteiger partial charge in [0.1, 0.15) is 0 Å². The van der Waals surface area contributed by atoms with Gasteiger partial charge in [0.2, 0.25) is 15.9 Å². The summed E-state index contributed by atoms with van der Waals surface area (Å²) in [6.45, 7) is 3.21. The monoisotopic (exact) mass is 550 g/mol. The summed E-state index contributed by atoms with van der Waals surface area (Å²) in [4.78, 5) is 13.1. The number of methoxy groups -OCH3 is 2. The van der Waals surface area contributed by atoms with Crippen LogP contribution in [0.5, 0.6) is 11.5 Å². The number of hydrogen-bond donors (Lipinski definition) is 1. The molecule has 3 aromatic carbocycles. The number of carbonyl (C=O) groups is 1. The Bertz CT molecular complexity index is 1330. The number of amides is 1. The predicted octanol–water partition coefficient (Wildman–Crippen LogP) is 5.39. The van der Waals surface area contributed by atoms with Crippen LogP contribution in [-0.4, -0.2) is 39.4 Å². The van der Waals surface area contributed by atoms with E-state index >= 15 is 0 Å². The van der Waals surface area contributed by atoms with Crippen molar-refractivity contribution in [3.05, 3.63) is 87.4 Å². The van der Waals surface area contributed by atoms with Crippen LogP contribution in [0.3, 0.4) is 0 Å². The Kier molecular flexibility index (Phi) is 9.24. The lowest BCUT2D eigenvalue weighted by Crippen LogP contribution is -2.41. The van der Waals surface area contributed by atoms with E-state index in [0.29, 0.717) is 27.1 Å². The molecule has 0 heterocycles. The Morgan fingerprint density at radius 1 is 0.944 bits per heavy atom. The molecule has 1 atom stereocenters. The molecule has 0 saturated carbocycles. The number of aryl methyl sites for hydroxylation is 1. The summed E-state index contributed by atoms with van der Waals surface area (Å²) in [7, 11) is -0.923. The largest absolute Gasteiger partial charge is 0.493 e. The fourth-order valence-electron chi connectivity index (χ4n) is 3.58. The van der Waals surface area contributed by atoms with E-state index in [0.717, 1.165) is 15.4 Å². The van der Waals surface area contributed by atoms with E-state index in [2.05, 4.69) is 5.32 Å². The van der Waals surface area contributed by atoms with Crippen molar-refractivity contribution in [1.29, 1.82) is 0 Å². The molecule has 0 aliphatic heterocycles. The molecule has 7 nitrogen and oxygen atoms in total. The van der Waals surface area contributed by atoms with Crippen molar-refractivity contribution in [3.63, 3.8) is 0 Å². The van der Waals surface area contributed by atoms with Gasteiger partial charge in [0, 0.05) is 6.54 Å². The van der Waals surface area contributed by atoms with Crippen LogP contribution >= 0.6 is 23.2 Å². The van der Waals surface area contributed by atoms with Crippen LogP contribution in [0.15, 0.2) is 65.6 Å². The second-order valence-corrected chi connectivity index (χ2v) is 11.0.